The van der Waals surface area contributed by atoms with Crippen LogP contribution in [0.4, 0.5) is 0 Å². The number of hydrogen-bond donors (Lipinski definition) is 1. The van der Waals surface area contributed by atoms with E-state index in [1.54, 1.807) is 18.9 Å². The summed E-state index contributed by atoms with van der Waals surface area (Å²) in [5.41, 5.74) is 5.34. The zero-order chi connectivity index (χ0) is 21.4. The number of fused-ring (bicyclic) bond motifs is 3. The molecular formula is C26H24N2O2S. The van der Waals surface area contributed by atoms with Gasteiger partial charge in [-0.3, -0.25) is 4.79 Å². The molecule has 1 aliphatic rings. The lowest BCUT2D eigenvalue weighted by molar-refractivity contribution is 0.0692. The van der Waals surface area contributed by atoms with Crippen molar-refractivity contribution in [1.29, 1.82) is 0 Å². The number of carbonyl (C=O) groups excluding carboxylic acids is 1. The van der Waals surface area contributed by atoms with E-state index >= 15 is 0 Å². The molecule has 4 aromatic rings. The first-order valence-electron chi connectivity index (χ1n) is 10.4. The van der Waals surface area contributed by atoms with Crippen LogP contribution < -0.4 is 4.74 Å². The van der Waals surface area contributed by atoms with E-state index in [0.29, 0.717) is 12.1 Å². The molecule has 5 heteroatoms. The van der Waals surface area contributed by atoms with Crippen molar-refractivity contribution in [3.8, 4) is 5.75 Å². The number of thioether (sulfide) groups is 1. The second kappa shape index (κ2) is 8.16. The van der Waals surface area contributed by atoms with Crippen LogP contribution in [0, 0.1) is 0 Å². The molecule has 5 rings (SSSR count). The van der Waals surface area contributed by atoms with Gasteiger partial charge in [0.15, 0.2) is 0 Å². The lowest BCUT2D eigenvalue weighted by atomic mass is 9.91. The van der Waals surface area contributed by atoms with Crippen LogP contribution in [0.3, 0.4) is 0 Å². The maximum Gasteiger partial charge on any atom is 0.254 e. The number of nitrogens with zero attached hydrogens (tertiary/aromatic N) is 1. The molecular weight excluding hydrogens is 404 g/mol. The van der Waals surface area contributed by atoms with Gasteiger partial charge in [0.1, 0.15) is 5.75 Å². The van der Waals surface area contributed by atoms with Crippen LogP contribution >= 0.6 is 11.8 Å². The van der Waals surface area contributed by atoms with Crippen LogP contribution in [0.2, 0.25) is 0 Å². The number of rotatable bonds is 4. The zero-order valence-corrected chi connectivity index (χ0v) is 18.4. The van der Waals surface area contributed by atoms with Crippen LogP contribution in [0.1, 0.15) is 33.2 Å². The van der Waals surface area contributed by atoms with Gasteiger partial charge >= 0.3 is 0 Å². The first-order valence-corrected chi connectivity index (χ1v) is 11.6. The molecule has 0 saturated heterocycles. The van der Waals surface area contributed by atoms with Crippen molar-refractivity contribution in [2.45, 2.75) is 17.4 Å². The highest BCUT2D eigenvalue weighted by atomic mass is 32.2. The Kier molecular flexibility index (Phi) is 5.20. The summed E-state index contributed by atoms with van der Waals surface area (Å²) in [6.45, 7) is 0.675. The number of benzene rings is 3. The number of para-hydroxylation sites is 1. The summed E-state index contributed by atoms with van der Waals surface area (Å²) in [5.74, 6) is 0.781. The fraction of sp³-hybridized carbons (Fsp3) is 0.192. The number of ether oxygens (including phenoxy) is 1. The number of carbonyl (C=O) groups is 1. The van der Waals surface area contributed by atoms with E-state index in [4.69, 9.17) is 4.74 Å². The van der Waals surface area contributed by atoms with Crippen molar-refractivity contribution < 1.29 is 9.53 Å². The molecule has 2 heterocycles. The molecule has 4 nitrogen and oxygen atoms in total. The number of hydrogen-bond acceptors (Lipinski definition) is 3. The standard InChI is InChI=1S/C26H24N2O2S/c1-30-19-11-7-18(8-12-19)26(29)28-16-15-22-21-5-3-4-6-23(21)27-24(22)25(28)17-9-13-20(31-2)14-10-17/h3-14,25,27H,15-16H2,1-2H3/t25-/m1/s1. The van der Waals surface area contributed by atoms with Crippen LogP contribution in [0.25, 0.3) is 10.9 Å². The molecule has 0 aliphatic carbocycles. The second-order valence-electron chi connectivity index (χ2n) is 7.72. The third-order valence-electron chi connectivity index (χ3n) is 6.06. The highest BCUT2D eigenvalue weighted by Crippen LogP contribution is 2.39. The summed E-state index contributed by atoms with van der Waals surface area (Å²) < 4.78 is 5.25. The molecule has 1 aliphatic heterocycles. The minimum Gasteiger partial charge on any atom is -0.497 e. The van der Waals surface area contributed by atoms with Gasteiger partial charge in [0.05, 0.1) is 13.2 Å². The Morgan fingerprint density at radius 1 is 1.03 bits per heavy atom. The van der Waals surface area contributed by atoms with Crippen molar-refractivity contribution in [3.05, 3.63) is 95.2 Å². The quantitative estimate of drug-likeness (QED) is 0.425. The molecule has 0 bridgehead atoms. The molecule has 0 unspecified atom stereocenters. The van der Waals surface area contributed by atoms with Gasteiger partial charge < -0.3 is 14.6 Å². The molecule has 1 N–H and O–H groups in total. The molecule has 156 valence electrons. The smallest absolute Gasteiger partial charge is 0.254 e. The van der Waals surface area contributed by atoms with Gasteiger partial charge in [-0.1, -0.05) is 30.3 Å². The first-order chi connectivity index (χ1) is 15.2. The van der Waals surface area contributed by atoms with Gasteiger partial charge in [-0.25, -0.2) is 0 Å². The Balaban J connectivity index is 1.61. The summed E-state index contributed by atoms with van der Waals surface area (Å²) >= 11 is 1.72. The lowest BCUT2D eigenvalue weighted by Gasteiger charge is -2.36. The second-order valence-corrected chi connectivity index (χ2v) is 8.60. The SMILES string of the molecule is COc1ccc(C(=O)N2CCc3c([nH]c4ccccc34)[C@H]2c2ccc(SC)cc2)cc1. The first kappa shape index (κ1) is 19.8. The van der Waals surface area contributed by atoms with E-state index in [1.807, 2.05) is 35.2 Å². The number of aromatic amines is 1. The fourth-order valence-corrected chi connectivity index (χ4v) is 4.90. The predicted octanol–water partition coefficient (Wildman–Crippen LogP) is 5.69. The average Bonchev–Trinajstić information content (AvgIpc) is 3.22. The van der Waals surface area contributed by atoms with E-state index in [0.717, 1.165) is 28.9 Å². The normalized spacial score (nSPS) is 15.7. The van der Waals surface area contributed by atoms with Gasteiger partial charge in [-0.15, -0.1) is 11.8 Å². The monoisotopic (exact) mass is 428 g/mol. The molecule has 1 aromatic heterocycles. The van der Waals surface area contributed by atoms with Crippen molar-refractivity contribution in [2.24, 2.45) is 0 Å². The Hall–Kier alpha value is -3.18. The largest absolute Gasteiger partial charge is 0.497 e. The molecule has 31 heavy (non-hydrogen) atoms. The summed E-state index contributed by atoms with van der Waals surface area (Å²) in [7, 11) is 1.63. The number of H-pyrrole nitrogens is 1. The molecule has 0 spiro atoms. The molecule has 1 atom stereocenters. The molecule has 0 saturated carbocycles. The van der Waals surface area contributed by atoms with Crippen molar-refractivity contribution in [3.63, 3.8) is 0 Å². The molecule has 0 fully saturated rings. The summed E-state index contributed by atoms with van der Waals surface area (Å²) in [4.78, 5) is 20.4. The van der Waals surface area contributed by atoms with Crippen molar-refractivity contribution in [1.82, 2.24) is 9.88 Å². The van der Waals surface area contributed by atoms with Crippen LogP contribution in [0.5, 0.6) is 5.75 Å². The minimum atomic E-state index is -0.151. The predicted molar refractivity (Wildman–Crippen MR) is 126 cm³/mol. The third-order valence-corrected chi connectivity index (χ3v) is 6.81. The van der Waals surface area contributed by atoms with Crippen LogP contribution in [-0.4, -0.2) is 35.7 Å². The fourth-order valence-electron chi connectivity index (χ4n) is 4.49. The number of amides is 1. The summed E-state index contributed by atoms with van der Waals surface area (Å²) in [5, 5.41) is 1.25. The van der Waals surface area contributed by atoms with Crippen molar-refractivity contribution in [2.75, 3.05) is 19.9 Å². The van der Waals surface area contributed by atoms with E-state index in [9.17, 15) is 4.79 Å². The van der Waals surface area contributed by atoms with Gasteiger partial charge in [0.2, 0.25) is 0 Å². The lowest BCUT2D eigenvalue weighted by Crippen LogP contribution is -2.40. The van der Waals surface area contributed by atoms with Crippen molar-refractivity contribution >= 4 is 28.6 Å². The van der Waals surface area contributed by atoms with Crippen LogP contribution in [-0.2, 0) is 6.42 Å². The number of methoxy groups -OCH3 is 1. The summed E-state index contributed by atoms with van der Waals surface area (Å²) in [6.07, 6.45) is 2.91. The highest BCUT2D eigenvalue weighted by molar-refractivity contribution is 7.98. The Morgan fingerprint density at radius 3 is 2.48 bits per heavy atom. The molecule has 0 radical (unpaired) electrons. The van der Waals surface area contributed by atoms with E-state index < -0.39 is 0 Å². The average molecular weight is 429 g/mol. The zero-order valence-electron chi connectivity index (χ0n) is 17.6. The Bertz CT molecular complexity index is 1230. The van der Waals surface area contributed by atoms with Crippen LogP contribution in [0.15, 0.2) is 77.7 Å². The third kappa shape index (κ3) is 3.49. The van der Waals surface area contributed by atoms with E-state index in [-0.39, 0.29) is 11.9 Å². The number of nitrogens with one attached hydrogen (secondary N) is 1. The number of aromatic nitrogens is 1. The summed E-state index contributed by atoms with van der Waals surface area (Å²) in [6, 6.07) is 24.2. The van der Waals surface area contributed by atoms with Gasteiger partial charge in [-0.05, 0) is 66.3 Å². The van der Waals surface area contributed by atoms with Gasteiger partial charge in [-0.2, -0.15) is 0 Å². The molecule has 1 amide bonds. The Morgan fingerprint density at radius 2 is 1.77 bits per heavy atom. The maximum absolute atomic E-state index is 13.6. The van der Waals surface area contributed by atoms with E-state index in [1.165, 1.54) is 15.8 Å². The van der Waals surface area contributed by atoms with E-state index in [2.05, 4.69) is 53.7 Å². The van der Waals surface area contributed by atoms with Gasteiger partial charge in [0, 0.05) is 33.6 Å². The topological polar surface area (TPSA) is 45.3 Å². The molecule has 3 aromatic carbocycles. The minimum absolute atomic E-state index is 0.0332. The van der Waals surface area contributed by atoms with Gasteiger partial charge in [0.25, 0.3) is 5.91 Å². The highest BCUT2D eigenvalue weighted by Gasteiger charge is 2.34. The maximum atomic E-state index is 13.6. The Labute approximate surface area is 186 Å².